The maximum Gasteiger partial charge on any atom is 0.416 e. The van der Waals surface area contributed by atoms with E-state index in [0.717, 1.165) is 23.9 Å². The highest BCUT2D eigenvalue weighted by molar-refractivity contribution is 7.99. The average Bonchev–Trinajstić information content (AvgIpc) is 2.19. The van der Waals surface area contributed by atoms with Crippen LogP contribution in [-0.2, 0) is 6.18 Å². The van der Waals surface area contributed by atoms with Crippen LogP contribution in [-0.4, -0.2) is 17.5 Å². The predicted octanol–water partition coefficient (Wildman–Crippen LogP) is 3.32. The Bertz CT molecular complexity index is 351. The SMILES string of the molecule is OCCCSc1ccc(C(F)(F)F)cc1F. The van der Waals surface area contributed by atoms with Crippen molar-refractivity contribution in [2.45, 2.75) is 17.5 Å². The maximum atomic E-state index is 13.2. The first-order valence-electron chi connectivity index (χ1n) is 4.55. The van der Waals surface area contributed by atoms with Crippen LogP contribution >= 0.6 is 11.8 Å². The number of aliphatic hydroxyl groups is 1. The fraction of sp³-hybridized carbons (Fsp3) is 0.400. The molecule has 1 nitrogen and oxygen atoms in total. The molecule has 0 spiro atoms. The van der Waals surface area contributed by atoms with Gasteiger partial charge in [0.05, 0.1) is 5.56 Å². The number of hydrogen-bond donors (Lipinski definition) is 1. The van der Waals surface area contributed by atoms with Crippen LogP contribution in [0.1, 0.15) is 12.0 Å². The number of aliphatic hydroxyl groups excluding tert-OH is 1. The molecule has 0 aliphatic rings. The third kappa shape index (κ3) is 3.68. The number of benzene rings is 1. The van der Waals surface area contributed by atoms with Crippen LogP contribution in [0.3, 0.4) is 0 Å². The van der Waals surface area contributed by atoms with Gasteiger partial charge in [-0.25, -0.2) is 4.39 Å². The number of alkyl halides is 3. The zero-order valence-electron chi connectivity index (χ0n) is 8.22. The maximum absolute atomic E-state index is 13.2. The quantitative estimate of drug-likeness (QED) is 0.505. The molecule has 90 valence electrons. The number of hydrogen-bond acceptors (Lipinski definition) is 2. The molecule has 0 aromatic heterocycles. The van der Waals surface area contributed by atoms with Gasteiger partial charge in [0.2, 0.25) is 0 Å². The molecule has 0 aliphatic carbocycles. The molecule has 0 saturated heterocycles. The van der Waals surface area contributed by atoms with E-state index in [1.54, 1.807) is 0 Å². The van der Waals surface area contributed by atoms with E-state index in [-0.39, 0.29) is 11.5 Å². The second kappa shape index (κ2) is 5.54. The monoisotopic (exact) mass is 254 g/mol. The largest absolute Gasteiger partial charge is 0.416 e. The molecular weight excluding hydrogens is 244 g/mol. The Morgan fingerprint density at radius 3 is 2.44 bits per heavy atom. The summed E-state index contributed by atoms with van der Waals surface area (Å²) in [4.78, 5) is 0.168. The highest BCUT2D eigenvalue weighted by Crippen LogP contribution is 2.32. The molecule has 0 saturated carbocycles. The Morgan fingerprint density at radius 2 is 1.94 bits per heavy atom. The van der Waals surface area contributed by atoms with Gasteiger partial charge in [-0.1, -0.05) is 0 Å². The van der Waals surface area contributed by atoms with Crippen LogP contribution in [0.2, 0.25) is 0 Å². The zero-order valence-corrected chi connectivity index (χ0v) is 9.04. The summed E-state index contributed by atoms with van der Waals surface area (Å²) in [6.07, 6.45) is -4.04. The number of rotatable bonds is 4. The summed E-state index contributed by atoms with van der Waals surface area (Å²) >= 11 is 1.09. The Balaban J connectivity index is 2.76. The predicted molar refractivity (Wildman–Crippen MR) is 53.8 cm³/mol. The van der Waals surface area contributed by atoms with Gasteiger partial charge in [0.25, 0.3) is 0 Å². The van der Waals surface area contributed by atoms with Gasteiger partial charge in [0.1, 0.15) is 5.82 Å². The minimum Gasteiger partial charge on any atom is -0.396 e. The van der Waals surface area contributed by atoms with Gasteiger partial charge in [-0.05, 0) is 24.6 Å². The Kier molecular flexibility index (Phi) is 4.61. The summed E-state index contributed by atoms with van der Waals surface area (Å²) in [6, 6.07) is 2.45. The lowest BCUT2D eigenvalue weighted by Crippen LogP contribution is -2.05. The average molecular weight is 254 g/mol. The molecule has 16 heavy (non-hydrogen) atoms. The van der Waals surface area contributed by atoms with Gasteiger partial charge in [-0.3, -0.25) is 0 Å². The van der Waals surface area contributed by atoms with Gasteiger partial charge in [0.15, 0.2) is 0 Å². The van der Waals surface area contributed by atoms with E-state index < -0.39 is 17.6 Å². The third-order valence-electron chi connectivity index (χ3n) is 1.82. The minimum atomic E-state index is -4.52. The topological polar surface area (TPSA) is 20.2 Å². The molecule has 1 aromatic carbocycles. The summed E-state index contributed by atoms with van der Waals surface area (Å²) in [5, 5.41) is 8.51. The second-order valence-corrected chi connectivity index (χ2v) is 4.21. The number of halogens is 4. The molecule has 0 atom stereocenters. The molecular formula is C10H10F4OS. The van der Waals surface area contributed by atoms with Crippen molar-refractivity contribution in [2.24, 2.45) is 0 Å². The van der Waals surface area contributed by atoms with Crippen LogP contribution in [0.15, 0.2) is 23.1 Å². The summed E-state index contributed by atoms with van der Waals surface area (Å²) in [5.74, 6) is -0.406. The molecule has 0 radical (unpaired) electrons. The van der Waals surface area contributed by atoms with Crippen molar-refractivity contribution >= 4 is 11.8 Å². The first-order valence-corrected chi connectivity index (χ1v) is 5.54. The van der Waals surface area contributed by atoms with Crippen LogP contribution in [0.25, 0.3) is 0 Å². The van der Waals surface area contributed by atoms with E-state index in [9.17, 15) is 17.6 Å². The van der Waals surface area contributed by atoms with Crippen LogP contribution in [0.4, 0.5) is 17.6 Å². The smallest absolute Gasteiger partial charge is 0.396 e. The van der Waals surface area contributed by atoms with E-state index in [1.165, 1.54) is 0 Å². The minimum absolute atomic E-state index is 0.0186. The molecule has 1 aromatic rings. The van der Waals surface area contributed by atoms with Crippen molar-refractivity contribution in [3.8, 4) is 0 Å². The van der Waals surface area contributed by atoms with Crippen molar-refractivity contribution in [3.05, 3.63) is 29.6 Å². The second-order valence-electron chi connectivity index (χ2n) is 3.07. The van der Waals surface area contributed by atoms with Gasteiger partial charge in [-0.2, -0.15) is 13.2 Å². The normalized spacial score (nSPS) is 11.8. The van der Waals surface area contributed by atoms with Crippen LogP contribution in [0, 0.1) is 5.82 Å². The fourth-order valence-electron chi connectivity index (χ4n) is 1.04. The first kappa shape index (κ1) is 13.3. The fourth-order valence-corrected chi connectivity index (χ4v) is 1.90. The van der Waals surface area contributed by atoms with E-state index in [1.807, 2.05) is 0 Å². The van der Waals surface area contributed by atoms with Crippen molar-refractivity contribution in [1.29, 1.82) is 0 Å². The van der Waals surface area contributed by atoms with E-state index in [4.69, 9.17) is 5.11 Å². The summed E-state index contributed by atoms with van der Waals surface area (Å²) in [5.41, 5.74) is -0.989. The van der Waals surface area contributed by atoms with Crippen molar-refractivity contribution < 1.29 is 22.7 Å². The van der Waals surface area contributed by atoms with Crippen molar-refractivity contribution in [2.75, 3.05) is 12.4 Å². The molecule has 0 aliphatic heterocycles. The summed E-state index contributed by atoms with van der Waals surface area (Å²) < 4.78 is 49.8. The van der Waals surface area contributed by atoms with Gasteiger partial charge in [0, 0.05) is 17.3 Å². The molecule has 1 N–H and O–H groups in total. The Labute approximate surface area is 94.5 Å². The van der Waals surface area contributed by atoms with Gasteiger partial charge < -0.3 is 5.11 Å². The molecule has 0 heterocycles. The molecule has 0 amide bonds. The molecule has 0 unspecified atom stereocenters. The van der Waals surface area contributed by atoms with Crippen molar-refractivity contribution in [1.82, 2.24) is 0 Å². The Hall–Kier alpha value is -0.750. The summed E-state index contributed by atoms with van der Waals surface area (Å²) in [6.45, 7) is -0.0186. The highest BCUT2D eigenvalue weighted by Gasteiger charge is 2.31. The van der Waals surface area contributed by atoms with Crippen LogP contribution < -0.4 is 0 Å². The van der Waals surface area contributed by atoms with E-state index >= 15 is 0 Å². The molecule has 0 bridgehead atoms. The molecule has 0 fully saturated rings. The number of thioether (sulfide) groups is 1. The van der Waals surface area contributed by atoms with Gasteiger partial charge in [-0.15, -0.1) is 11.8 Å². The van der Waals surface area contributed by atoms with Gasteiger partial charge >= 0.3 is 6.18 Å². The summed E-state index contributed by atoms with van der Waals surface area (Å²) in [7, 11) is 0. The zero-order chi connectivity index (χ0) is 12.2. The third-order valence-corrected chi connectivity index (χ3v) is 2.95. The Morgan fingerprint density at radius 1 is 1.25 bits per heavy atom. The van der Waals surface area contributed by atoms with Crippen LogP contribution in [0.5, 0.6) is 0 Å². The van der Waals surface area contributed by atoms with E-state index in [2.05, 4.69) is 0 Å². The molecule has 6 heteroatoms. The van der Waals surface area contributed by atoms with E-state index in [0.29, 0.717) is 18.2 Å². The lowest BCUT2D eigenvalue weighted by atomic mass is 10.2. The lowest BCUT2D eigenvalue weighted by Gasteiger charge is -2.08. The standard InChI is InChI=1S/C10H10F4OS/c11-8-6-7(10(12,13)14)2-3-9(8)16-5-1-4-15/h2-3,6,15H,1,4-5H2. The lowest BCUT2D eigenvalue weighted by molar-refractivity contribution is -0.137. The first-order chi connectivity index (χ1) is 7.45. The highest BCUT2D eigenvalue weighted by atomic mass is 32.2. The molecule has 1 rings (SSSR count). The van der Waals surface area contributed by atoms with Crippen molar-refractivity contribution in [3.63, 3.8) is 0 Å².